The van der Waals surface area contributed by atoms with Crippen LogP contribution >= 0.6 is 0 Å². The molecule has 0 amide bonds. The first-order chi connectivity index (χ1) is 6.76. The lowest BCUT2D eigenvalue weighted by Gasteiger charge is -2.39. The average Bonchev–Trinajstić information content (AvgIpc) is 2.27. The van der Waals surface area contributed by atoms with Gasteiger partial charge in [-0.3, -0.25) is 0 Å². The number of hydrogen-bond donors (Lipinski definition) is 2. The molecule has 0 aromatic rings. The summed E-state index contributed by atoms with van der Waals surface area (Å²) in [6.45, 7) is 5.80. The Bertz CT molecular complexity index is 150. The highest BCUT2D eigenvalue weighted by molar-refractivity contribution is 4.92. The maximum Gasteiger partial charge on any atom is 0.0613 e. The molecule has 0 radical (unpaired) electrons. The van der Waals surface area contributed by atoms with E-state index in [1.165, 1.54) is 19.3 Å². The molecule has 0 atom stereocenters. The Balaban J connectivity index is 2.39. The molecule has 2 N–H and O–H groups in total. The van der Waals surface area contributed by atoms with Gasteiger partial charge in [-0.1, -0.05) is 20.3 Å². The minimum atomic E-state index is 0.0572. The van der Waals surface area contributed by atoms with Crippen molar-refractivity contribution < 1.29 is 5.11 Å². The summed E-state index contributed by atoms with van der Waals surface area (Å²) in [7, 11) is 0. The third-order valence-corrected chi connectivity index (χ3v) is 3.69. The fourth-order valence-corrected chi connectivity index (χ4v) is 2.42. The molecule has 0 aromatic carbocycles. The van der Waals surface area contributed by atoms with Crippen LogP contribution in [0.2, 0.25) is 0 Å². The highest BCUT2D eigenvalue weighted by Gasteiger charge is 2.33. The first-order valence-corrected chi connectivity index (χ1v) is 6.12. The van der Waals surface area contributed by atoms with E-state index in [2.05, 4.69) is 19.2 Å². The predicted molar refractivity (Wildman–Crippen MR) is 60.4 cm³/mol. The molecule has 0 bridgehead atoms. The van der Waals surface area contributed by atoms with Crippen molar-refractivity contribution in [3.05, 3.63) is 0 Å². The number of hydrogen-bond acceptors (Lipinski definition) is 2. The van der Waals surface area contributed by atoms with Crippen molar-refractivity contribution in [2.45, 2.75) is 57.9 Å². The molecule has 0 aromatic heterocycles. The van der Waals surface area contributed by atoms with Gasteiger partial charge in [0.25, 0.3) is 0 Å². The van der Waals surface area contributed by atoms with E-state index in [1.54, 1.807) is 0 Å². The molecule has 0 unspecified atom stereocenters. The monoisotopic (exact) mass is 199 g/mol. The van der Waals surface area contributed by atoms with Crippen molar-refractivity contribution in [2.24, 2.45) is 5.92 Å². The van der Waals surface area contributed by atoms with Crippen LogP contribution in [-0.2, 0) is 0 Å². The number of nitrogens with one attached hydrogen (secondary N) is 1. The predicted octanol–water partition coefficient (Wildman–Crippen LogP) is 2.32. The number of aliphatic hydroxyl groups excluding tert-OH is 1. The molecule has 14 heavy (non-hydrogen) atoms. The van der Waals surface area contributed by atoms with Crippen LogP contribution in [0.1, 0.15) is 52.4 Å². The third-order valence-electron chi connectivity index (χ3n) is 3.69. The van der Waals surface area contributed by atoms with E-state index >= 15 is 0 Å². The summed E-state index contributed by atoms with van der Waals surface area (Å²) in [5, 5.41) is 13.0. The molecular weight excluding hydrogens is 174 g/mol. The van der Waals surface area contributed by atoms with E-state index in [4.69, 9.17) is 0 Å². The van der Waals surface area contributed by atoms with Gasteiger partial charge in [0.15, 0.2) is 0 Å². The second-order valence-corrected chi connectivity index (χ2v) is 4.72. The summed E-state index contributed by atoms with van der Waals surface area (Å²) in [5.74, 6) is 0.901. The van der Waals surface area contributed by atoms with Gasteiger partial charge in [0.05, 0.1) is 6.61 Å². The highest BCUT2D eigenvalue weighted by atomic mass is 16.3. The SMILES string of the molecule is CCCNC1(CO)CCC(CC)CC1. The van der Waals surface area contributed by atoms with Gasteiger partial charge in [-0.2, -0.15) is 0 Å². The Labute approximate surface area is 88.1 Å². The van der Waals surface area contributed by atoms with Gasteiger partial charge in [0.2, 0.25) is 0 Å². The van der Waals surface area contributed by atoms with E-state index in [1.807, 2.05) is 0 Å². The quantitative estimate of drug-likeness (QED) is 0.712. The number of aliphatic hydroxyl groups is 1. The van der Waals surface area contributed by atoms with E-state index < -0.39 is 0 Å². The highest BCUT2D eigenvalue weighted by Crippen LogP contribution is 2.33. The molecule has 1 rings (SSSR count). The molecule has 0 saturated heterocycles. The minimum absolute atomic E-state index is 0.0572. The van der Waals surface area contributed by atoms with Crippen LogP contribution in [0.25, 0.3) is 0 Å². The molecule has 1 fully saturated rings. The Hall–Kier alpha value is -0.0800. The van der Waals surface area contributed by atoms with E-state index in [-0.39, 0.29) is 5.54 Å². The molecule has 1 aliphatic rings. The third kappa shape index (κ3) is 2.96. The molecule has 0 spiro atoms. The second kappa shape index (κ2) is 5.72. The Morgan fingerprint density at radius 2 is 1.93 bits per heavy atom. The van der Waals surface area contributed by atoms with Gasteiger partial charge in [-0.05, 0) is 44.6 Å². The summed E-state index contributed by atoms with van der Waals surface area (Å²) in [6.07, 6.45) is 7.33. The van der Waals surface area contributed by atoms with E-state index in [0.717, 1.165) is 31.7 Å². The van der Waals surface area contributed by atoms with Crippen LogP contribution < -0.4 is 5.32 Å². The molecule has 2 nitrogen and oxygen atoms in total. The topological polar surface area (TPSA) is 32.3 Å². The van der Waals surface area contributed by atoms with Crippen molar-refractivity contribution in [3.63, 3.8) is 0 Å². The summed E-state index contributed by atoms with van der Waals surface area (Å²) in [5.41, 5.74) is 0.0572. The lowest BCUT2D eigenvalue weighted by atomic mass is 9.76. The molecule has 1 aliphatic carbocycles. The zero-order chi connectivity index (χ0) is 10.4. The fraction of sp³-hybridized carbons (Fsp3) is 1.00. The molecule has 0 heterocycles. The normalized spacial score (nSPS) is 33.2. The summed E-state index contributed by atoms with van der Waals surface area (Å²) >= 11 is 0. The standard InChI is InChI=1S/C12H25NO/c1-3-9-13-12(10-14)7-5-11(4-2)6-8-12/h11,13-14H,3-10H2,1-2H3. The van der Waals surface area contributed by atoms with Gasteiger partial charge in [0, 0.05) is 5.54 Å². The Kier molecular flexibility index (Phi) is 4.90. The van der Waals surface area contributed by atoms with Crippen LogP contribution in [0.3, 0.4) is 0 Å². The molecular formula is C12H25NO. The largest absolute Gasteiger partial charge is 0.394 e. The van der Waals surface area contributed by atoms with Crippen molar-refractivity contribution in [1.82, 2.24) is 5.32 Å². The van der Waals surface area contributed by atoms with Crippen molar-refractivity contribution >= 4 is 0 Å². The van der Waals surface area contributed by atoms with Gasteiger partial charge >= 0.3 is 0 Å². The summed E-state index contributed by atoms with van der Waals surface area (Å²) in [6, 6.07) is 0. The zero-order valence-corrected chi connectivity index (χ0v) is 9.68. The zero-order valence-electron chi connectivity index (χ0n) is 9.68. The minimum Gasteiger partial charge on any atom is -0.394 e. The molecule has 0 aliphatic heterocycles. The Morgan fingerprint density at radius 1 is 1.29 bits per heavy atom. The van der Waals surface area contributed by atoms with Gasteiger partial charge < -0.3 is 10.4 Å². The summed E-state index contributed by atoms with van der Waals surface area (Å²) < 4.78 is 0. The first-order valence-electron chi connectivity index (χ1n) is 6.12. The molecule has 2 heteroatoms. The van der Waals surface area contributed by atoms with Gasteiger partial charge in [-0.25, -0.2) is 0 Å². The van der Waals surface area contributed by atoms with Crippen LogP contribution in [0.5, 0.6) is 0 Å². The van der Waals surface area contributed by atoms with E-state index in [0.29, 0.717) is 6.61 Å². The van der Waals surface area contributed by atoms with Gasteiger partial charge in [-0.15, -0.1) is 0 Å². The fourth-order valence-electron chi connectivity index (χ4n) is 2.42. The first kappa shape index (κ1) is 12.0. The van der Waals surface area contributed by atoms with Crippen molar-refractivity contribution in [3.8, 4) is 0 Å². The van der Waals surface area contributed by atoms with E-state index in [9.17, 15) is 5.11 Å². The summed E-state index contributed by atoms with van der Waals surface area (Å²) in [4.78, 5) is 0. The van der Waals surface area contributed by atoms with Crippen LogP contribution in [0.4, 0.5) is 0 Å². The molecule has 84 valence electrons. The Morgan fingerprint density at radius 3 is 2.36 bits per heavy atom. The second-order valence-electron chi connectivity index (χ2n) is 4.72. The lowest BCUT2D eigenvalue weighted by Crippen LogP contribution is -2.51. The number of rotatable bonds is 5. The van der Waals surface area contributed by atoms with Gasteiger partial charge in [0.1, 0.15) is 0 Å². The van der Waals surface area contributed by atoms with Crippen molar-refractivity contribution in [2.75, 3.05) is 13.2 Å². The average molecular weight is 199 g/mol. The molecule has 1 saturated carbocycles. The van der Waals surface area contributed by atoms with Crippen LogP contribution in [0, 0.1) is 5.92 Å². The lowest BCUT2D eigenvalue weighted by molar-refractivity contribution is 0.102. The maximum atomic E-state index is 9.46. The van der Waals surface area contributed by atoms with Crippen molar-refractivity contribution in [1.29, 1.82) is 0 Å². The van der Waals surface area contributed by atoms with Crippen LogP contribution in [-0.4, -0.2) is 23.8 Å². The maximum absolute atomic E-state index is 9.46. The smallest absolute Gasteiger partial charge is 0.0613 e. The van der Waals surface area contributed by atoms with Crippen LogP contribution in [0.15, 0.2) is 0 Å².